The summed E-state index contributed by atoms with van der Waals surface area (Å²) in [6, 6.07) is 10.5. The summed E-state index contributed by atoms with van der Waals surface area (Å²) in [5, 5.41) is 8.85. The summed E-state index contributed by atoms with van der Waals surface area (Å²) >= 11 is 0. The third-order valence-electron chi connectivity index (χ3n) is 3.71. The van der Waals surface area contributed by atoms with Crippen molar-refractivity contribution in [2.45, 2.75) is 13.3 Å². The van der Waals surface area contributed by atoms with Gasteiger partial charge in [-0.1, -0.05) is 6.08 Å². The molecule has 0 spiro atoms. The zero-order valence-corrected chi connectivity index (χ0v) is 15.3. The number of benzene rings is 2. The molecule has 140 valence electrons. The van der Waals surface area contributed by atoms with Gasteiger partial charge in [0.25, 0.3) is 0 Å². The minimum absolute atomic E-state index is 0.00119. The second-order valence-corrected chi connectivity index (χ2v) is 5.75. The van der Waals surface area contributed by atoms with Gasteiger partial charge in [-0.05, 0) is 55.3 Å². The zero-order valence-electron chi connectivity index (χ0n) is 15.3. The number of allylic oxidation sites excluding steroid dienone is 1. The fourth-order valence-electron chi connectivity index (χ4n) is 2.45. The van der Waals surface area contributed by atoms with E-state index >= 15 is 0 Å². The lowest BCUT2D eigenvalue weighted by atomic mass is 10.1. The lowest BCUT2D eigenvalue weighted by molar-refractivity contribution is -0.139. The number of carboxylic acid groups (broad SMARTS) is 1. The van der Waals surface area contributed by atoms with E-state index in [2.05, 4.69) is 11.6 Å². The van der Waals surface area contributed by atoms with Gasteiger partial charge in [0.05, 0.1) is 12.8 Å². The van der Waals surface area contributed by atoms with Gasteiger partial charge in [0, 0.05) is 17.3 Å². The molecular formula is C21H21NO5. The zero-order chi connectivity index (χ0) is 19.8. The van der Waals surface area contributed by atoms with E-state index in [4.69, 9.17) is 14.6 Å². The van der Waals surface area contributed by atoms with Crippen LogP contribution in [0.1, 0.15) is 28.4 Å². The van der Waals surface area contributed by atoms with Gasteiger partial charge in [-0.2, -0.15) is 0 Å². The number of nitrogens with zero attached hydrogens (tertiary/aromatic N) is 1. The third-order valence-corrected chi connectivity index (χ3v) is 3.71. The van der Waals surface area contributed by atoms with Crippen LogP contribution in [0.25, 0.3) is 0 Å². The smallest absolute Gasteiger partial charge is 0.341 e. The van der Waals surface area contributed by atoms with E-state index in [9.17, 15) is 9.59 Å². The van der Waals surface area contributed by atoms with Gasteiger partial charge >= 0.3 is 5.97 Å². The first-order chi connectivity index (χ1) is 12.9. The Morgan fingerprint density at radius 3 is 2.48 bits per heavy atom. The number of ether oxygens (including phenoxy) is 2. The molecule has 2 aromatic carbocycles. The van der Waals surface area contributed by atoms with Gasteiger partial charge in [0.2, 0.25) is 0 Å². The van der Waals surface area contributed by atoms with Crippen LogP contribution in [0.4, 0.5) is 5.69 Å². The molecule has 6 heteroatoms. The van der Waals surface area contributed by atoms with E-state index < -0.39 is 12.6 Å². The number of rotatable bonds is 9. The highest BCUT2D eigenvalue weighted by atomic mass is 16.5. The molecule has 0 aliphatic heterocycles. The van der Waals surface area contributed by atoms with Crippen molar-refractivity contribution in [2.24, 2.45) is 4.99 Å². The second kappa shape index (κ2) is 9.33. The first-order valence-corrected chi connectivity index (χ1v) is 8.26. The molecule has 27 heavy (non-hydrogen) atoms. The van der Waals surface area contributed by atoms with Crippen LogP contribution in [0.3, 0.4) is 0 Å². The number of ketones is 1. The van der Waals surface area contributed by atoms with E-state index in [1.54, 1.807) is 42.6 Å². The standard InChI is InChI=1S/C21H21NO5/c1-4-5-17-10-15(11-19(26-3)21(17)27-13-20(24)25)12-22-18-8-6-16(7-9-18)14(2)23/h4,6-12H,1,5,13H2,2-3H3,(H,24,25). The third kappa shape index (κ3) is 5.54. The molecule has 0 saturated heterocycles. The Morgan fingerprint density at radius 1 is 1.22 bits per heavy atom. The van der Waals surface area contributed by atoms with Crippen molar-refractivity contribution in [1.29, 1.82) is 0 Å². The number of aliphatic carboxylic acids is 1. The van der Waals surface area contributed by atoms with E-state index in [-0.39, 0.29) is 5.78 Å². The Kier molecular flexibility index (Phi) is 6.88. The van der Waals surface area contributed by atoms with E-state index in [1.807, 2.05) is 6.07 Å². The highest BCUT2D eigenvalue weighted by Gasteiger charge is 2.13. The Labute approximate surface area is 157 Å². The number of methoxy groups -OCH3 is 1. The molecule has 0 aliphatic rings. The molecule has 0 aliphatic carbocycles. The fourth-order valence-corrected chi connectivity index (χ4v) is 2.45. The van der Waals surface area contributed by atoms with E-state index in [0.717, 1.165) is 11.1 Å². The van der Waals surface area contributed by atoms with Gasteiger partial charge in [-0.25, -0.2) is 4.79 Å². The average Bonchev–Trinajstić information content (AvgIpc) is 2.65. The maximum Gasteiger partial charge on any atom is 0.341 e. The van der Waals surface area contributed by atoms with Crippen LogP contribution in [-0.4, -0.2) is 36.8 Å². The predicted octanol–water partition coefficient (Wildman–Crippen LogP) is 3.84. The summed E-state index contributed by atoms with van der Waals surface area (Å²) < 4.78 is 10.7. The molecule has 0 aromatic heterocycles. The van der Waals surface area contributed by atoms with E-state index in [0.29, 0.717) is 29.2 Å². The molecule has 0 atom stereocenters. The molecule has 0 amide bonds. The van der Waals surface area contributed by atoms with Crippen LogP contribution in [0.2, 0.25) is 0 Å². The fraction of sp³-hybridized carbons (Fsp3) is 0.190. The summed E-state index contributed by atoms with van der Waals surface area (Å²) in [5.74, 6) is -0.269. The summed E-state index contributed by atoms with van der Waals surface area (Å²) in [6.45, 7) is 4.77. The molecule has 0 heterocycles. The minimum Gasteiger partial charge on any atom is -0.493 e. The molecule has 6 nitrogen and oxygen atoms in total. The maximum atomic E-state index is 11.3. The number of aliphatic imine (C=N–C) groups is 1. The number of carboxylic acids is 1. The Hall–Kier alpha value is -3.41. The van der Waals surface area contributed by atoms with Crippen LogP contribution in [0.5, 0.6) is 11.5 Å². The predicted molar refractivity (Wildman–Crippen MR) is 104 cm³/mol. The van der Waals surface area contributed by atoms with Crippen LogP contribution in [-0.2, 0) is 11.2 Å². The summed E-state index contributed by atoms with van der Waals surface area (Å²) in [4.78, 5) is 26.5. The SMILES string of the molecule is C=CCc1cc(C=Nc2ccc(C(C)=O)cc2)cc(OC)c1OCC(=O)O. The van der Waals surface area contributed by atoms with Gasteiger partial charge in [0.1, 0.15) is 0 Å². The van der Waals surface area contributed by atoms with Gasteiger partial charge in [-0.15, -0.1) is 6.58 Å². The molecule has 0 bridgehead atoms. The highest BCUT2D eigenvalue weighted by molar-refractivity contribution is 5.94. The van der Waals surface area contributed by atoms with Gasteiger partial charge in [-0.3, -0.25) is 9.79 Å². The second-order valence-electron chi connectivity index (χ2n) is 5.75. The van der Waals surface area contributed by atoms with Crippen molar-refractivity contribution in [3.8, 4) is 11.5 Å². The number of Topliss-reactive ketones (excluding diaryl/α,β-unsaturated/α-hetero) is 1. The first kappa shape index (κ1) is 19.9. The van der Waals surface area contributed by atoms with Gasteiger partial charge in [0.15, 0.2) is 23.9 Å². The quantitative estimate of drug-likeness (QED) is 0.413. The molecule has 0 saturated carbocycles. The lowest BCUT2D eigenvalue weighted by Gasteiger charge is -2.14. The monoisotopic (exact) mass is 367 g/mol. The number of carbonyl (C=O) groups is 2. The number of hydrogen-bond acceptors (Lipinski definition) is 5. The minimum atomic E-state index is -1.07. The van der Waals surface area contributed by atoms with Crippen molar-refractivity contribution < 1.29 is 24.2 Å². The lowest BCUT2D eigenvalue weighted by Crippen LogP contribution is -2.11. The number of carbonyl (C=O) groups excluding carboxylic acids is 1. The van der Waals surface area contributed by atoms with Crippen LogP contribution in [0, 0.1) is 0 Å². The Morgan fingerprint density at radius 2 is 1.93 bits per heavy atom. The molecule has 0 unspecified atom stereocenters. The van der Waals surface area contributed by atoms with Crippen molar-refractivity contribution in [3.63, 3.8) is 0 Å². The average molecular weight is 367 g/mol. The Bertz CT molecular complexity index is 869. The summed E-state index contributed by atoms with van der Waals surface area (Å²) in [5.41, 5.74) is 2.85. The van der Waals surface area contributed by atoms with E-state index in [1.165, 1.54) is 14.0 Å². The van der Waals surface area contributed by atoms with Crippen LogP contribution < -0.4 is 9.47 Å². The topological polar surface area (TPSA) is 85.2 Å². The van der Waals surface area contributed by atoms with Crippen molar-refractivity contribution in [1.82, 2.24) is 0 Å². The van der Waals surface area contributed by atoms with Crippen LogP contribution in [0.15, 0.2) is 54.0 Å². The highest BCUT2D eigenvalue weighted by Crippen LogP contribution is 2.33. The normalized spacial score (nSPS) is 10.6. The molecule has 1 N–H and O–H groups in total. The first-order valence-electron chi connectivity index (χ1n) is 8.26. The molecule has 2 aromatic rings. The van der Waals surface area contributed by atoms with Crippen molar-refractivity contribution >= 4 is 23.7 Å². The molecular weight excluding hydrogens is 346 g/mol. The largest absolute Gasteiger partial charge is 0.493 e. The van der Waals surface area contributed by atoms with Gasteiger partial charge < -0.3 is 14.6 Å². The number of hydrogen-bond donors (Lipinski definition) is 1. The summed E-state index contributed by atoms with van der Waals surface area (Å²) in [7, 11) is 1.49. The Balaban J connectivity index is 2.32. The maximum absolute atomic E-state index is 11.3. The van der Waals surface area contributed by atoms with Crippen LogP contribution >= 0.6 is 0 Å². The molecule has 0 fully saturated rings. The molecule has 0 radical (unpaired) electrons. The van der Waals surface area contributed by atoms with Crippen molar-refractivity contribution in [3.05, 3.63) is 65.7 Å². The molecule has 2 rings (SSSR count). The summed E-state index contributed by atoms with van der Waals surface area (Å²) in [6.07, 6.45) is 3.85. The van der Waals surface area contributed by atoms with Crippen molar-refractivity contribution in [2.75, 3.05) is 13.7 Å².